The van der Waals surface area contributed by atoms with Crippen LogP contribution in [0, 0.1) is 0 Å². The molecular weight excluding hydrogens is 1140 g/mol. The molecule has 2 atom stereocenters. The number of carbonyl (C=O) groups excluding carboxylic acids is 2. The maximum absolute atomic E-state index is 13.1. The van der Waals surface area contributed by atoms with Gasteiger partial charge in [0.15, 0.2) is 0 Å². The van der Waals surface area contributed by atoms with Gasteiger partial charge in [-0.2, -0.15) is 0 Å². The van der Waals surface area contributed by atoms with Gasteiger partial charge in [-0.25, -0.2) is 18.7 Å². The molecule has 0 radical (unpaired) electrons. The average Bonchev–Trinajstić information content (AvgIpc) is 4.22. The summed E-state index contributed by atoms with van der Waals surface area (Å²) in [6, 6.07) is 19.1. The number of halogens is 7. The molecule has 7 heterocycles. The van der Waals surface area contributed by atoms with Crippen LogP contribution in [-0.4, -0.2) is 136 Å². The Morgan fingerprint density at radius 2 is 1.16 bits per heavy atom. The lowest BCUT2D eigenvalue weighted by Crippen LogP contribution is -2.41. The molecule has 6 aromatic rings. The second-order valence-electron chi connectivity index (χ2n) is 19.3. The molecule has 0 unspecified atom stereocenters. The quantitative estimate of drug-likeness (QED) is 0.0603. The highest BCUT2D eigenvalue weighted by molar-refractivity contribution is 9.11. The molecule has 0 bridgehead atoms. The van der Waals surface area contributed by atoms with E-state index in [1.165, 1.54) is 77.8 Å². The van der Waals surface area contributed by atoms with Gasteiger partial charge in [-0.3, -0.25) is 9.59 Å². The van der Waals surface area contributed by atoms with Gasteiger partial charge >= 0.3 is 18.3 Å². The first-order chi connectivity index (χ1) is 35.7. The number of pyridine rings is 2. The lowest BCUT2D eigenvalue weighted by molar-refractivity contribution is -0.0972. The first-order valence-electron chi connectivity index (χ1n) is 23.7. The maximum atomic E-state index is 13.1. The fourth-order valence-corrected chi connectivity index (χ4v) is 9.67. The van der Waals surface area contributed by atoms with Gasteiger partial charge in [-0.1, -0.05) is 0 Å². The van der Waals surface area contributed by atoms with Crippen molar-refractivity contribution in [2.24, 2.45) is 0 Å². The third kappa shape index (κ3) is 15.7. The minimum Gasteiger partial charge on any atom is -0.420 e. The smallest absolute Gasteiger partial charge is 0.420 e. The highest BCUT2D eigenvalue weighted by atomic mass is 79.9. The fourth-order valence-electron chi connectivity index (χ4n) is 8.17. The molecule has 4 aromatic heterocycles. The van der Waals surface area contributed by atoms with E-state index in [-0.39, 0.29) is 17.4 Å². The second kappa shape index (κ2) is 24.7. The second-order valence-corrected chi connectivity index (χ2v) is 23.2. The molecule has 16 nitrogen and oxygen atoms in total. The summed E-state index contributed by atoms with van der Waals surface area (Å²) in [5.74, 6) is 0.512. The number of nitrogens with one attached hydrogen (secondary N) is 2. The van der Waals surface area contributed by atoms with Crippen LogP contribution < -0.4 is 35.4 Å². The van der Waals surface area contributed by atoms with Gasteiger partial charge in [-0.05, 0) is 181 Å². The molecule has 3 fully saturated rings. The monoisotopic (exact) mass is 1190 g/mol. The van der Waals surface area contributed by atoms with E-state index in [0.717, 1.165) is 64.9 Å². The number of benzene rings is 2. The van der Waals surface area contributed by atoms with Crippen LogP contribution in [0.3, 0.4) is 0 Å². The first-order valence-corrected chi connectivity index (χ1v) is 26.8. The van der Waals surface area contributed by atoms with Crippen molar-refractivity contribution >= 4 is 110 Å². The lowest BCUT2D eigenvalue weighted by atomic mass is 9.78. The molecule has 2 amide bonds. The number of hydrogen-bond acceptors (Lipinski definition) is 16. The number of anilines is 4. The minimum atomic E-state index is -3.82. The predicted molar refractivity (Wildman–Crippen MR) is 295 cm³/mol. The van der Waals surface area contributed by atoms with Crippen LogP contribution in [0.1, 0.15) is 61.3 Å². The van der Waals surface area contributed by atoms with Gasteiger partial charge in [0, 0.05) is 109 Å². The Morgan fingerprint density at radius 3 is 1.55 bits per heavy atom. The summed E-state index contributed by atoms with van der Waals surface area (Å²) in [6.07, 6.45) is 8.58. The van der Waals surface area contributed by atoms with Crippen LogP contribution in [0.4, 0.5) is 40.6 Å². The average molecular weight is 1190 g/mol. The molecule has 0 aliphatic carbocycles. The number of amides is 2. The van der Waals surface area contributed by atoms with Gasteiger partial charge in [0.2, 0.25) is 0 Å². The molecule has 3 saturated heterocycles. The molecule has 0 spiro atoms. The summed E-state index contributed by atoms with van der Waals surface area (Å²) in [5, 5.41) is 5.50. The molecule has 406 valence electrons. The summed E-state index contributed by atoms with van der Waals surface area (Å²) in [4.78, 5) is 45.0. The summed E-state index contributed by atoms with van der Waals surface area (Å²) < 4.78 is 81.5. The van der Waals surface area contributed by atoms with Crippen molar-refractivity contribution in [3.05, 3.63) is 112 Å². The van der Waals surface area contributed by atoms with Crippen molar-refractivity contribution < 1.29 is 45.9 Å². The third-order valence-corrected chi connectivity index (χ3v) is 15.2. The number of aromatic nitrogens is 4. The Morgan fingerprint density at radius 1 is 0.711 bits per heavy atom. The van der Waals surface area contributed by atoms with E-state index >= 15 is 0 Å². The third-order valence-electron chi connectivity index (χ3n) is 13.0. The molecule has 3 aliphatic heterocycles. The predicted octanol–water partition coefficient (Wildman–Crippen LogP) is 10.6. The first kappa shape index (κ1) is 58.5. The van der Waals surface area contributed by atoms with Crippen LogP contribution in [0.15, 0.2) is 101 Å². The molecule has 9 rings (SSSR count). The van der Waals surface area contributed by atoms with Gasteiger partial charge in [-0.15, -0.1) is 17.6 Å². The Bertz CT molecular complexity index is 2880. The number of nitrogens with zero attached hydrogens (tertiary/aromatic N) is 8. The van der Waals surface area contributed by atoms with Crippen LogP contribution >= 0.6 is 62.2 Å². The Kier molecular flexibility index (Phi) is 19.0. The van der Waals surface area contributed by atoms with Crippen molar-refractivity contribution in [1.82, 2.24) is 28.5 Å². The van der Waals surface area contributed by atoms with E-state index in [0.29, 0.717) is 40.0 Å². The molecule has 2 aromatic carbocycles. The highest BCUT2D eigenvalue weighted by Gasteiger charge is 2.53. The fraction of sp³-hybridized carbons (Fsp3) is 0.400. The summed E-state index contributed by atoms with van der Waals surface area (Å²) in [5.41, 5.74) is -5.72. The number of alkyl halides is 6. The van der Waals surface area contributed by atoms with E-state index in [2.05, 4.69) is 103 Å². The van der Waals surface area contributed by atoms with Crippen molar-refractivity contribution in [3.63, 3.8) is 0 Å². The van der Waals surface area contributed by atoms with Crippen molar-refractivity contribution in [3.8, 4) is 21.9 Å². The van der Waals surface area contributed by atoms with Gasteiger partial charge in [0.25, 0.3) is 11.8 Å². The normalized spacial score (nSPS) is 18.0. The molecular formula is C50H56BBrCl2F4N10O6S2. The number of carbonyl (C=O) groups is 2. The zero-order chi connectivity index (χ0) is 55.2. The number of rotatable bonds is 14. The molecule has 76 heavy (non-hydrogen) atoms. The molecule has 2 N–H and O–H groups in total. The van der Waals surface area contributed by atoms with E-state index in [1.807, 2.05) is 39.8 Å². The number of likely N-dealkylation sites (N-methyl/N-ethyl adjacent to an activating group) is 2. The molecule has 0 saturated carbocycles. The standard InChI is InChI=1S/C25H32BClF2N4O4.C22H22ClF2N5O2S.C3H2BrNS/c1-23(2)24(3,4)37-26(36-23)20-13-16(14-30-21(20)33-12-11-18(15-33)32(5)6)22(34)31-17-7-9-19(10-8-17)35-25(27,28)29;1-29(2)16-8-10-30(13-16)20-18(19-7-9-27-33-19)11-14(12-26-20)21(31)28-15-3-5-17(6-4-15)32-22(23,24)25;4-3-1-2-5-6-3/h7-10,13-14,18H,11-12,15H2,1-6H3,(H,31,34);3-7,9,11-12,16H,8,10,13H2,1-2H3,(H,28,31);1-2H/t18-;16-;/m11./s1. The van der Waals surface area contributed by atoms with Crippen LogP contribution in [-0.2, 0) is 9.31 Å². The van der Waals surface area contributed by atoms with E-state index < -0.39 is 35.4 Å². The SMILES string of the molecule is Brc1ccns1.CN(C)[C@@H]1CCN(c2ncc(C(=O)Nc3ccc(OC(F)(F)Cl)cc3)cc2-c2ccns2)C1.CN(C)[C@@H]1CCN(c2ncc(C(=O)Nc3ccc(OC(F)(F)Cl)cc3)cc2B2OC(C)(C)C(C)(C)O2)C1. The zero-order valence-electron chi connectivity index (χ0n) is 42.7. The summed E-state index contributed by atoms with van der Waals surface area (Å²) in [6.45, 7) is 11.3. The van der Waals surface area contributed by atoms with Crippen LogP contribution in [0.5, 0.6) is 11.5 Å². The lowest BCUT2D eigenvalue weighted by Gasteiger charge is -2.32. The molecule has 26 heteroatoms. The zero-order valence-corrected chi connectivity index (χ0v) is 47.4. The minimum absolute atomic E-state index is 0.117. The van der Waals surface area contributed by atoms with Gasteiger partial charge < -0.3 is 49.0 Å². The Hall–Kier alpha value is -5.18. The highest BCUT2D eigenvalue weighted by Crippen LogP contribution is 2.38. The van der Waals surface area contributed by atoms with E-state index in [9.17, 15) is 27.2 Å². The Labute approximate surface area is 465 Å². The van der Waals surface area contributed by atoms with E-state index in [1.54, 1.807) is 30.7 Å². The van der Waals surface area contributed by atoms with Crippen molar-refractivity contribution in [1.29, 1.82) is 0 Å². The molecule has 3 aliphatic rings. The van der Waals surface area contributed by atoms with Gasteiger partial charge in [0.05, 0.1) is 31.0 Å². The summed E-state index contributed by atoms with van der Waals surface area (Å²) >= 11 is 15.6. The van der Waals surface area contributed by atoms with Crippen LogP contribution in [0.25, 0.3) is 10.4 Å². The van der Waals surface area contributed by atoms with Crippen LogP contribution in [0.2, 0.25) is 0 Å². The number of ether oxygens (including phenoxy) is 2. The topological polar surface area (TPSA) is 160 Å². The number of hydrogen-bond donors (Lipinski definition) is 2. The van der Waals surface area contributed by atoms with E-state index in [4.69, 9.17) is 32.5 Å². The van der Waals surface area contributed by atoms with Crippen molar-refractivity contribution in [2.45, 2.75) is 75.0 Å². The van der Waals surface area contributed by atoms with Crippen molar-refractivity contribution in [2.75, 3.05) is 74.8 Å². The maximum Gasteiger partial charge on any atom is 0.498 e. The summed E-state index contributed by atoms with van der Waals surface area (Å²) in [7, 11) is 7.55. The Balaban J connectivity index is 0.000000200. The largest absolute Gasteiger partial charge is 0.498 e. The van der Waals surface area contributed by atoms with Gasteiger partial charge in [0.1, 0.15) is 23.1 Å².